The number of fused-ring (bicyclic) bond motifs is 1. The second kappa shape index (κ2) is 5.07. The van der Waals surface area contributed by atoms with E-state index in [1.807, 2.05) is 13.0 Å². The SMILES string of the molecule is COC(=O)C(C)Nc1nc(Cl)nc2sc(C)cc12. The fraction of sp³-hybridized carbons (Fsp3) is 0.364. The molecule has 0 saturated carbocycles. The lowest BCUT2D eigenvalue weighted by atomic mass is 10.3. The van der Waals surface area contributed by atoms with Crippen molar-refractivity contribution < 1.29 is 9.53 Å². The first kappa shape index (κ1) is 13.0. The van der Waals surface area contributed by atoms with Crippen LogP contribution in [-0.4, -0.2) is 29.1 Å². The number of rotatable bonds is 3. The number of hydrogen-bond acceptors (Lipinski definition) is 6. The number of aryl methyl sites for hydroxylation is 1. The van der Waals surface area contributed by atoms with Gasteiger partial charge in [0.1, 0.15) is 16.7 Å². The summed E-state index contributed by atoms with van der Waals surface area (Å²) in [4.78, 5) is 21.5. The van der Waals surface area contributed by atoms with Gasteiger partial charge in [-0.3, -0.25) is 0 Å². The Bertz CT molecular complexity index is 599. The minimum atomic E-state index is -0.496. The van der Waals surface area contributed by atoms with Gasteiger partial charge in [-0.25, -0.2) is 14.8 Å². The summed E-state index contributed by atoms with van der Waals surface area (Å²) in [5.74, 6) is 0.192. The van der Waals surface area contributed by atoms with Gasteiger partial charge in [0, 0.05) is 4.88 Å². The van der Waals surface area contributed by atoms with Crippen molar-refractivity contribution in [3.63, 3.8) is 0 Å². The fourth-order valence-corrected chi connectivity index (χ4v) is 2.67. The van der Waals surface area contributed by atoms with Crippen molar-refractivity contribution in [3.05, 3.63) is 16.2 Å². The largest absolute Gasteiger partial charge is 0.467 e. The van der Waals surface area contributed by atoms with Crippen molar-refractivity contribution >= 4 is 44.9 Å². The number of esters is 1. The Morgan fingerprint density at radius 1 is 1.56 bits per heavy atom. The van der Waals surface area contributed by atoms with Gasteiger partial charge in [-0.1, -0.05) is 0 Å². The maximum absolute atomic E-state index is 11.4. The van der Waals surface area contributed by atoms with Gasteiger partial charge < -0.3 is 10.1 Å². The molecule has 7 heteroatoms. The zero-order valence-electron chi connectivity index (χ0n) is 10.2. The van der Waals surface area contributed by atoms with E-state index in [1.165, 1.54) is 18.4 Å². The van der Waals surface area contributed by atoms with Gasteiger partial charge in [0.15, 0.2) is 0 Å². The highest BCUT2D eigenvalue weighted by molar-refractivity contribution is 7.18. The van der Waals surface area contributed by atoms with E-state index in [4.69, 9.17) is 11.6 Å². The predicted molar refractivity (Wildman–Crippen MR) is 72.3 cm³/mol. The molecule has 1 unspecified atom stereocenters. The molecule has 0 spiro atoms. The number of thiophene rings is 1. The number of methoxy groups -OCH3 is 1. The molecule has 0 aliphatic carbocycles. The molecule has 0 saturated heterocycles. The topological polar surface area (TPSA) is 64.1 Å². The number of anilines is 1. The van der Waals surface area contributed by atoms with Crippen LogP contribution in [0.5, 0.6) is 0 Å². The zero-order chi connectivity index (χ0) is 13.3. The molecule has 0 amide bonds. The zero-order valence-corrected chi connectivity index (χ0v) is 11.7. The van der Waals surface area contributed by atoms with Crippen LogP contribution in [0, 0.1) is 6.92 Å². The molecule has 2 aromatic rings. The van der Waals surface area contributed by atoms with Crippen LogP contribution in [0.2, 0.25) is 5.28 Å². The third-order valence-corrected chi connectivity index (χ3v) is 3.51. The highest BCUT2D eigenvalue weighted by Gasteiger charge is 2.16. The second-order valence-corrected chi connectivity index (χ2v) is 5.38. The molecule has 1 N–H and O–H groups in total. The number of aromatic nitrogens is 2. The first-order valence-electron chi connectivity index (χ1n) is 5.29. The van der Waals surface area contributed by atoms with Crippen LogP contribution >= 0.6 is 22.9 Å². The van der Waals surface area contributed by atoms with E-state index in [-0.39, 0.29) is 11.3 Å². The molecule has 0 aromatic carbocycles. The van der Waals surface area contributed by atoms with Crippen molar-refractivity contribution in [1.82, 2.24) is 9.97 Å². The van der Waals surface area contributed by atoms with E-state index in [9.17, 15) is 4.79 Å². The number of halogens is 1. The van der Waals surface area contributed by atoms with Crippen LogP contribution in [0.15, 0.2) is 6.07 Å². The summed E-state index contributed by atoms with van der Waals surface area (Å²) in [5.41, 5.74) is 0. The van der Waals surface area contributed by atoms with Crippen molar-refractivity contribution in [1.29, 1.82) is 0 Å². The van der Waals surface area contributed by atoms with Crippen LogP contribution in [0.1, 0.15) is 11.8 Å². The van der Waals surface area contributed by atoms with Crippen LogP contribution in [0.4, 0.5) is 5.82 Å². The maximum atomic E-state index is 11.4. The minimum absolute atomic E-state index is 0.156. The van der Waals surface area contributed by atoms with Crippen molar-refractivity contribution in [2.45, 2.75) is 19.9 Å². The number of carbonyl (C=O) groups is 1. The minimum Gasteiger partial charge on any atom is -0.467 e. The summed E-state index contributed by atoms with van der Waals surface area (Å²) in [6.07, 6.45) is 0. The van der Waals surface area contributed by atoms with Gasteiger partial charge in [0.2, 0.25) is 5.28 Å². The summed E-state index contributed by atoms with van der Waals surface area (Å²) in [5, 5.41) is 4.00. The van der Waals surface area contributed by atoms with Crippen LogP contribution in [0.3, 0.4) is 0 Å². The Hall–Kier alpha value is -1.40. The molecular weight excluding hydrogens is 274 g/mol. The quantitative estimate of drug-likeness (QED) is 0.694. The molecule has 0 aliphatic heterocycles. The summed E-state index contributed by atoms with van der Waals surface area (Å²) >= 11 is 7.39. The van der Waals surface area contributed by atoms with Crippen LogP contribution in [-0.2, 0) is 9.53 Å². The number of nitrogens with one attached hydrogen (secondary N) is 1. The van der Waals surface area contributed by atoms with Crippen molar-refractivity contribution in [2.24, 2.45) is 0 Å². The highest BCUT2D eigenvalue weighted by atomic mass is 35.5. The number of hydrogen-bond donors (Lipinski definition) is 1. The smallest absolute Gasteiger partial charge is 0.328 e. The molecule has 1 atom stereocenters. The van der Waals surface area contributed by atoms with Crippen LogP contribution in [0.25, 0.3) is 10.2 Å². The molecule has 2 rings (SSSR count). The lowest BCUT2D eigenvalue weighted by Gasteiger charge is -2.12. The Kier molecular flexibility index (Phi) is 3.68. The molecule has 96 valence electrons. The third-order valence-electron chi connectivity index (χ3n) is 2.40. The van der Waals surface area contributed by atoms with E-state index in [2.05, 4.69) is 20.0 Å². The summed E-state index contributed by atoms with van der Waals surface area (Å²) < 4.78 is 4.66. The molecule has 0 bridgehead atoms. The molecule has 5 nitrogen and oxygen atoms in total. The Morgan fingerprint density at radius 3 is 2.94 bits per heavy atom. The monoisotopic (exact) mass is 285 g/mol. The van der Waals surface area contributed by atoms with Gasteiger partial charge in [-0.2, -0.15) is 0 Å². The van der Waals surface area contributed by atoms with E-state index in [0.29, 0.717) is 5.82 Å². The predicted octanol–water partition coefficient (Wildman–Crippen LogP) is 2.63. The van der Waals surface area contributed by atoms with Crippen molar-refractivity contribution in [3.8, 4) is 0 Å². The molecule has 0 radical (unpaired) electrons. The standard InChI is InChI=1S/C11H12ClN3O2S/c1-5-4-7-8(13-6(2)10(16)17-3)14-11(12)15-9(7)18-5/h4,6H,1-3H3,(H,13,14,15). The summed E-state index contributed by atoms with van der Waals surface area (Å²) in [6.45, 7) is 3.68. The van der Waals surface area contributed by atoms with Crippen LogP contribution < -0.4 is 5.32 Å². The van der Waals surface area contributed by atoms with E-state index < -0.39 is 6.04 Å². The fourth-order valence-electron chi connectivity index (χ4n) is 1.57. The highest BCUT2D eigenvalue weighted by Crippen LogP contribution is 2.29. The first-order valence-corrected chi connectivity index (χ1v) is 6.48. The second-order valence-electron chi connectivity index (χ2n) is 3.81. The third kappa shape index (κ3) is 2.54. The lowest BCUT2D eigenvalue weighted by Crippen LogP contribution is -2.27. The number of carbonyl (C=O) groups excluding carboxylic acids is 1. The first-order chi connectivity index (χ1) is 8.51. The molecule has 2 heterocycles. The molecule has 0 fully saturated rings. The van der Waals surface area contributed by atoms with Gasteiger partial charge >= 0.3 is 5.97 Å². The normalized spacial score (nSPS) is 12.4. The number of nitrogens with zero attached hydrogens (tertiary/aromatic N) is 2. The summed E-state index contributed by atoms with van der Waals surface area (Å²) in [7, 11) is 1.35. The van der Waals surface area contributed by atoms with Gasteiger partial charge in [0.25, 0.3) is 0 Å². The molecule has 18 heavy (non-hydrogen) atoms. The molecule has 0 aliphatic rings. The Morgan fingerprint density at radius 2 is 2.28 bits per heavy atom. The van der Waals surface area contributed by atoms with Gasteiger partial charge in [0.05, 0.1) is 12.5 Å². The average molecular weight is 286 g/mol. The van der Waals surface area contributed by atoms with E-state index >= 15 is 0 Å². The van der Waals surface area contributed by atoms with E-state index in [0.717, 1.165) is 15.1 Å². The van der Waals surface area contributed by atoms with Gasteiger partial charge in [-0.05, 0) is 31.5 Å². The maximum Gasteiger partial charge on any atom is 0.328 e. The van der Waals surface area contributed by atoms with E-state index in [1.54, 1.807) is 6.92 Å². The number of ether oxygens (including phenoxy) is 1. The van der Waals surface area contributed by atoms with Gasteiger partial charge in [-0.15, -0.1) is 11.3 Å². The molecule has 2 aromatic heterocycles. The summed E-state index contributed by atoms with van der Waals surface area (Å²) in [6, 6.07) is 1.47. The van der Waals surface area contributed by atoms with Crippen molar-refractivity contribution in [2.75, 3.05) is 12.4 Å². The Balaban J connectivity index is 2.40. The molecular formula is C11H12ClN3O2S. The Labute approximate surface area is 113 Å². The lowest BCUT2D eigenvalue weighted by molar-refractivity contribution is -0.141. The average Bonchev–Trinajstić information content (AvgIpc) is 2.68.